The van der Waals surface area contributed by atoms with Gasteiger partial charge in [-0.2, -0.15) is 0 Å². The number of piperidine rings is 1. The monoisotopic (exact) mass is 639 g/mol. The van der Waals surface area contributed by atoms with E-state index in [0.717, 1.165) is 31.6 Å². The quantitative estimate of drug-likeness (QED) is 0.233. The molecule has 4 aromatic rings. The van der Waals surface area contributed by atoms with Crippen LogP contribution in [0.3, 0.4) is 0 Å². The number of imide groups is 1. The van der Waals surface area contributed by atoms with E-state index in [1.54, 1.807) is 25.4 Å². The number of amides is 3. The molecule has 2 saturated heterocycles. The van der Waals surface area contributed by atoms with E-state index in [9.17, 15) is 14.0 Å². The summed E-state index contributed by atoms with van der Waals surface area (Å²) in [7, 11) is 1.57. The summed E-state index contributed by atoms with van der Waals surface area (Å²) in [5, 5.41) is 5.88. The lowest BCUT2D eigenvalue weighted by Gasteiger charge is -2.32. The van der Waals surface area contributed by atoms with E-state index in [2.05, 4.69) is 30.5 Å². The summed E-state index contributed by atoms with van der Waals surface area (Å²) in [5.74, 6) is 0.492. The van der Waals surface area contributed by atoms with Crippen LogP contribution < -0.4 is 25.0 Å². The molecular weight excluding hydrogens is 612 g/mol. The fourth-order valence-corrected chi connectivity index (χ4v) is 5.55. The molecule has 0 unspecified atom stereocenters. The first kappa shape index (κ1) is 29.8. The van der Waals surface area contributed by atoms with E-state index in [1.807, 2.05) is 12.1 Å². The number of nitrogens with zero attached hydrogens (tertiary/aromatic N) is 5. The molecule has 0 spiro atoms. The molecular formula is C30H28Cl2FN7O4. The van der Waals surface area contributed by atoms with E-state index in [1.165, 1.54) is 23.4 Å². The minimum atomic E-state index is -0.680. The number of fused-ring (bicyclic) bond motifs is 1. The maximum Gasteiger partial charge on any atom is 0.328 e. The van der Waals surface area contributed by atoms with E-state index in [-0.39, 0.29) is 34.2 Å². The second kappa shape index (κ2) is 12.8. The van der Waals surface area contributed by atoms with Gasteiger partial charge in [-0.05, 0) is 43.2 Å². The first-order valence-electron chi connectivity index (χ1n) is 14.0. The molecule has 44 heavy (non-hydrogen) atoms. The Hall–Kier alpha value is -4.26. The molecule has 0 atom stereocenters. The Morgan fingerprint density at radius 3 is 2.59 bits per heavy atom. The number of methoxy groups -OCH3 is 1. The Morgan fingerprint density at radius 2 is 1.86 bits per heavy atom. The number of anilines is 3. The van der Waals surface area contributed by atoms with Gasteiger partial charge in [0.2, 0.25) is 5.91 Å². The number of hydrogen-bond donors (Lipinski definition) is 2. The molecule has 2 aromatic carbocycles. The summed E-state index contributed by atoms with van der Waals surface area (Å²) in [5.41, 5.74) is 2.26. The molecule has 2 aromatic heterocycles. The predicted octanol–water partition coefficient (Wildman–Crippen LogP) is 5.71. The summed E-state index contributed by atoms with van der Waals surface area (Å²) >= 11 is 11.9. The van der Waals surface area contributed by atoms with Crippen molar-refractivity contribution in [3.8, 4) is 11.5 Å². The minimum Gasteiger partial charge on any atom is -0.493 e. The first-order chi connectivity index (χ1) is 21.3. The van der Waals surface area contributed by atoms with Crippen LogP contribution in [0.4, 0.5) is 26.4 Å². The molecule has 0 saturated carbocycles. The molecule has 0 radical (unpaired) electrons. The summed E-state index contributed by atoms with van der Waals surface area (Å²) < 4.78 is 26.8. The van der Waals surface area contributed by atoms with E-state index in [4.69, 9.17) is 32.7 Å². The van der Waals surface area contributed by atoms with Crippen LogP contribution in [-0.4, -0.2) is 64.6 Å². The maximum absolute atomic E-state index is 14.7. The molecule has 228 valence electrons. The van der Waals surface area contributed by atoms with Gasteiger partial charge in [-0.1, -0.05) is 23.2 Å². The Morgan fingerprint density at radius 1 is 1.05 bits per heavy atom. The largest absolute Gasteiger partial charge is 0.493 e. The third kappa shape index (κ3) is 6.33. The molecule has 2 fully saturated rings. The van der Waals surface area contributed by atoms with Crippen LogP contribution in [0.5, 0.6) is 11.5 Å². The Labute approximate surface area is 262 Å². The lowest BCUT2D eigenvalue weighted by molar-refractivity contribution is -0.120. The number of pyridine rings is 1. The summed E-state index contributed by atoms with van der Waals surface area (Å²) in [4.78, 5) is 40.5. The number of ether oxygens (including phenoxy) is 2. The SMILES string of the molecule is COc1cc2ncnc(Nc3ccc(Cl)c(Cl)c3F)c2cc1OC1CCN(Cc2ccc(N3CCC(=O)NC3=O)cn2)CC1. The molecule has 2 aliphatic rings. The van der Waals surface area contributed by atoms with Gasteiger partial charge in [-0.15, -0.1) is 0 Å². The second-order valence-electron chi connectivity index (χ2n) is 10.4. The van der Waals surface area contributed by atoms with Crippen molar-refractivity contribution in [2.75, 3.05) is 37.0 Å². The zero-order valence-electron chi connectivity index (χ0n) is 23.6. The average Bonchev–Trinajstić information content (AvgIpc) is 3.03. The fourth-order valence-electron chi connectivity index (χ4n) is 5.24. The van der Waals surface area contributed by atoms with Crippen molar-refractivity contribution in [1.82, 2.24) is 25.2 Å². The highest BCUT2D eigenvalue weighted by molar-refractivity contribution is 6.42. The molecule has 14 heteroatoms. The standard InChI is InChI=1S/C30H28Cl2FN7O4/c1-43-24-13-23-20(29(36-16-35-23)37-22-5-4-21(31)27(32)28(22)33)12-25(24)44-19-6-9-39(10-7-19)15-17-2-3-18(14-34-17)40-11-8-26(41)38-30(40)42/h2-5,12-14,16,19H,6-11,15H2,1H3,(H,35,36,37)(H,38,41,42). The van der Waals surface area contributed by atoms with Crippen LogP contribution in [0.25, 0.3) is 10.9 Å². The zero-order valence-corrected chi connectivity index (χ0v) is 25.2. The second-order valence-corrected chi connectivity index (χ2v) is 11.2. The van der Waals surface area contributed by atoms with Gasteiger partial charge in [0.05, 0.1) is 45.9 Å². The van der Waals surface area contributed by atoms with Crippen molar-refractivity contribution >= 4 is 63.2 Å². The van der Waals surface area contributed by atoms with Crippen LogP contribution in [0.2, 0.25) is 10.0 Å². The number of aromatic nitrogens is 3. The molecule has 6 rings (SSSR count). The zero-order chi connectivity index (χ0) is 30.8. The van der Waals surface area contributed by atoms with Crippen molar-refractivity contribution in [2.24, 2.45) is 0 Å². The topological polar surface area (TPSA) is 122 Å². The van der Waals surface area contributed by atoms with Gasteiger partial charge in [0.15, 0.2) is 17.3 Å². The number of likely N-dealkylation sites (tertiary alicyclic amines) is 1. The minimum absolute atomic E-state index is 0.0539. The van der Waals surface area contributed by atoms with E-state index >= 15 is 0 Å². The maximum atomic E-state index is 14.7. The Kier molecular flexibility index (Phi) is 8.65. The van der Waals surface area contributed by atoms with Gasteiger partial charge in [0.1, 0.15) is 18.2 Å². The summed E-state index contributed by atoms with van der Waals surface area (Å²) in [6.45, 7) is 2.59. The number of carbonyl (C=O) groups excluding carboxylic acids is 2. The van der Waals surface area contributed by atoms with E-state index in [0.29, 0.717) is 47.0 Å². The van der Waals surface area contributed by atoms with Gasteiger partial charge < -0.3 is 14.8 Å². The highest BCUT2D eigenvalue weighted by Gasteiger charge is 2.26. The van der Waals surface area contributed by atoms with Crippen LogP contribution in [-0.2, 0) is 11.3 Å². The van der Waals surface area contributed by atoms with Crippen molar-refractivity contribution in [1.29, 1.82) is 0 Å². The number of rotatable bonds is 8. The average molecular weight is 641 g/mol. The normalized spacial score (nSPS) is 16.2. The Bertz CT molecular complexity index is 1720. The highest BCUT2D eigenvalue weighted by Crippen LogP contribution is 2.37. The van der Waals surface area contributed by atoms with Crippen LogP contribution in [0.15, 0.2) is 48.9 Å². The first-order valence-corrected chi connectivity index (χ1v) is 14.7. The lowest BCUT2D eigenvalue weighted by atomic mass is 10.1. The smallest absolute Gasteiger partial charge is 0.328 e. The third-order valence-electron chi connectivity index (χ3n) is 7.60. The lowest BCUT2D eigenvalue weighted by Crippen LogP contribution is -2.49. The van der Waals surface area contributed by atoms with Crippen LogP contribution in [0, 0.1) is 5.82 Å². The van der Waals surface area contributed by atoms with Gasteiger partial charge in [0.25, 0.3) is 0 Å². The molecule has 0 bridgehead atoms. The number of nitrogens with one attached hydrogen (secondary N) is 2. The van der Waals surface area contributed by atoms with Crippen molar-refractivity contribution in [2.45, 2.75) is 31.9 Å². The van der Waals surface area contributed by atoms with Crippen molar-refractivity contribution in [3.63, 3.8) is 0 Å². The number of hydrogen-bond acceptors (Lipinski definition) is 9. The number of urea groups is 1. The number of halogens is 3. The van der Waals surface area contributed by atoms with Crippen molar-refractivity contribution in [3.05, 3.63) is 70.5 Å². The van der Waals surface area contributed by atoms with Gasteiger partial charge in [-0.25, -0.2) is 19.2 Å². The Balaban J connectivity index is 1.10. The number of benzene rings is 2. The van der Waals surface area contributed by atoms with Crippen molar-refractivity contribution < 1.29 is 23.5 Å². The summed E-state index contributed by atoms with van der Waals surface area (Å²) in [6, 6.07) is 9.88. The molecule has 2 N–H and O–H groups in total. The fraction of sp³-hybridized carbons (Fsp3) is 0.300. The molecule has 4 heterocycles. The summed E-state index contributed by atoms with van der Waals surface area (Å²) in [6.07, 6.45) is 4.82. The van der Waals surface area contributed by atoms with Crippen LogP contribution in [0.1, 0.15) is 25.0 Å². The van der Waals surface area contributed by atoms with Gasteiger partial charge in [0, 0.05) is 44.1 Å². The molecule has 2 aliphatic heterocycles. The highest BCUT2D eigenvalue weighted by atomic mass is 35.5. The van der Waals surface area contributed by atoms with Gasteiger partial charge >= 0.3 is 6.03 Å². The van der Waals surface area contributed by atoms with Crippen LogP contribution >= 0.6 is 23.2 Å². The molecule has 0 aliphatic carbocycles. The number of carbonyl (C=O) groups is 2. The molecule has 3 amide bonds. The van der Waals surface area contributed by atoms with E-state index < -0.39 is 11.8 Å². The van der Waals surface area contributed by atoms with Gasteiger partial charge in [-0.3, -0.25) is 24.9 Å². The molecule has 11 nitrogen and oxygen atoms in total. The predicted molar refractivity (Wildman–Crippen MR) is 164 cm³/mol. The third-order valence-corrected chi connectivity index (χ3v) is 8.38.